The summed E-state index contributed by atoms with van der Waals surface area (Å²) in [4.78, 5) is 11.6. The summed E-state index contributed by atoms with van der Waals surface area (Å²) in [5.41, 5.74) is 0.545. The van der Waals surface area contributed by atoms with Crippen LogP contribution in [-0.2, 0) is 14.8 Å². The summed E-state index contributed by atoms with van der Waals surface area (Å²) in [6, 6.07) is 5.92. The maximum Gasteiger partial charge on any atom is 0.240 e. The zero-order valence-electron chi connectivity index (χ0n) is 10.7. The maximum atomic E-state index is 11.5. The van der Waals surface area contributed by atoms with Gasteiger partial charge in [0, 0.05) is 18.7 Å². The molecule has 3 N–H and O–H groups in total. The van der Waals surface area contributed by atoms with Crippen molar-refractivity contribution >= 4 is 21.6 Å². The first-order chi connectivity index (χ1) is 8.99. The van der Waals surface area contributed by atoms with Gasteiger partial charge in [-0.1, -0.05) is 0 Å². The number of benzene rings is 1. The van der Waals surface area contributed by atoms with Crippen molar-refractivity contribution in [1.82, 2.24) is 4.72 Å². The van der Waals surface area contributed by atoms with Gasteiger partial charge in [0.05, 0.1) is 4.90 Å². The minimum atomic E-state index is -3.45. The van der Waals surface area contributed by atoms with Gasteiger partial charge in [-0.3, -0.25) is 4.79 Å². The van der Waals surface area contributed by atoms with Crippen LogP contribution in [-0.4, -0.2) is 33.1 Å². The number of rotatable bonds is 7. The summed E-state index contributed by atoms with van der Waals surface area (Å²) in [5.74, 6) is -0.155. The largest absolute Gasteiger partial charge is 0.396 e. The highest BCUT2D eigenvalue weighted by atomic mass is 32.2. The molecule has 6 nitrogen and oxygen atoms in total. The van der Waals surface area contributed by atoms with E-state index in [9.17, 15) is 13.2 Å². The molecule has 19 heavy (non-hydrogen) atoms. The first-order valence-corrected chi connectivity index (χ1v) is 7.42. The van der Waals surface area contributed by atoms with Crippen LogP contribution in [0.5, 0.6) is 0 Å². The molecule has 0 aromatic heterocycles. The highest BCUT2D eigenvalue weighted by Crippen LogP contribution is 2.14. The Morgan fingerprint density at radius 3 is 2.37 bits per heavy atom. The van der Waals surface area contributed by atoms with Crippen LogP contribution in [0.15, 0.2) is 29.2 Å². The Morgan fingerprint density at radius 1 is 1.21 bits per heavy atom. The number of nitrogens with one attached hydrogen (secondary N) is 2. The second kappa shape index (κ2) is 7.22. The van der Waals surface area contributed by atoms with Gasteiger partial charge < -0.3 is 10.4 Å². The van der Waals surface area contributed by atoms with Crippen molar-refractivity contribution in [3.05, 3.63) is 24.3 Å². The molecule has 1 aromatic rings. The molecule has 0 heterocycles. The van der Waals surface area contributed by atoms with Crippen molar-refractivity contribution in [2.75, 3.05) is 19.0 Å². The smallest absolute Gasteiger partial charge is 0.240 e. The van der Waals surface area contributed by atoms with E-state index in [-0.39, 0.29) is 17.4 Å². The first-order valence-electron chi connectivity index (χ1n) is 5.94. The number of carbonyl (C=O) groups is 1. The van der Waals surface area contributed by atoms with Gasteiger partial charge in [-0.2, -0.15) is 0 Å². The third-order valence-electron chi connectivity index (χ3n) is 2.53. The molecule has 0 aliphatic rings. The molecular weight excluding hydrogens is 268 g/mol. The fourth-order valence-corrected chi connectivity index (χ4v) is 2.19. The van der Waals surface area contributed by atoms with Crippen LogP contribution in [0.3, 0.4) is 0 Å². The Morgan fingerprint density at radius 2 is 1.84 bits per heavy atom. The molecule has 0 aliphatic heterocycles. The minimum absolute atomic E-state index is 0.0733. The Balaban J connectivity index is 2.60. The van der Waals surface area contributed by atoms with Gasteiger partial charge in [0.15, 0.2) is 0 Å². The minimum Gasteiger partial charge on any atom is -0.396 e. The second-order valence-corrected chi connectivity index (χ2v) is 5.85. The zero-order chi connectivity index (χ0) is 14.3. The molecule has 106 valence electrons. The predicted molar refractivity (Wildman–Crippen MR) is 72.3 cm³/mol. The van der Waals surface area contributed by atoms with Crippen molar-refractivity contribution < 1.29 is 18.3 Å². The van der Waals surface area contributed by atoms with Gasteiger partial charge in [-0.15, -0.1) is 0 Å². The Kier molecular flexibility index (Phi) is 5.94. The molecular formula is C12H18N2O4S. The summed E-state index contributed by atoms with van der Waals surface area (Å²) in [7, 11) is -2.11. The SMILES string of the molecule is CNS(=O)(=O)c1ccc(NC(=O)CCCCO)cc1. The average molecular weight is 286 g/mol. The van der Waals surface area contributed by atoms with E-state index >= 15 is 0 Å². The summed E-state index contributed by atoms with van der Waals surface area (Å²) in [6.45, 7) is 0.0733. The van der Waals surface area contributed by atoms with Gasteiger partial charge in [-0.25, -0.2) is 13.1 Å². The fourth-order valence-electron chi connectivity index (χ4n) is 1.46. The Labute approximate surface area is 112 Å². The standard InChI is InChI=1S/C12H18N2O4S/c1-13-19(17,18)11-7-5-10(6-8-11)14-12(16)4-2-3-9-15/h5-8,13,15H,2-4,9H2,1H3,(H,14,16). The second-order valence-electron chi connectivity index (χ2n) is 3.96. The molecule has 1 amide bonds. The number of sulfonamides is 1. The van der Waals surface area contributed by atoms with Crippen LogP contribution in [0.4, 0.5) is 5.69 Å². The molecule has 0 spiro atoms. The predicted octanol–water partition coefficient (Wildman–Crippen LogP) is 0.696. The highest BCUT2D eigenvalue weighted by Gasteiger charge is 2.10. The quantitative estimate of drug-likeness (QED) is 0.643. The number of amides is 1. The Bertz CT molecular complexity index is 511. The van der Waals surface area contributed by atoms with Gasteiger partial charge in [-0.05, 0) is 44.2 Å². The van der Waals surface area contributed by atoms with E-state index in [0.717, 1.165) is 0 Å². The molecule has 0 fully saturated rings. The highest BCUT2D eigenvalue weighted by molar-refractivity contribution is 7.89. The van der Waals surface area contributed by atoms with E-state index in [0.29, 0.717) is 24.9 Å². The van der Waals surface area contributed by atoms with Crippen molar-refractivity contribution in [2.24, 2.45) is 0 Å². The normalized spacial score (nSPS) is 11.3. The van der Waals surface area contributed by atoms with Crippen LogP contribution in [0.25, 0.3) is 0 Å². The molecule has 0 saturated carbocycles. The lowest BCUT2D eigenvalue weighted by Gasteiger charge is -2.06. The molecule has 1 rings (SSSR count). The molecule has 1 aromatic carbocycles. The van der Waals surface area contributed by atoms with E-state index in [2.05, 4.69) is 10.0 Å². The molecule has 0 unspecified atom stereocenters. The van der Waals surface area contributed by atoms with Gasteiger partial charge in [0.2, 0.25) is 15.9 Å². The van der Waals surface area contributed by atoms with Crippen molar-refractivity contribution in [2.45, 2.75) is 24.2 Å². The number of hydrogen-bond acceptors (Lipinski definition) is 4. The van der Waals surface area contributed by atoms with Crippen LogP contribution >= 0.6 is 0 Å². The molecule has 0 bridgehead atoms. The van der Waals surface area contributed by atoms with Crippen LogP contribution in [0.2, 0.25) is 0 Å². The monoisotopic (exact) mass is 286 g/mol. The lowest BCUT2D eigenvalue weighted by Crippen LogP contribution is -2.18. The number of carbonyl (C=O) groups excluding carboxylic acids is 1. The van der Waals surface area contributed by atoms with Crippen LogP contribution in [0.1, 0.15) is 19.3 Å². The third kappa shape index (κ3) is 4.98. The van der Waals surface area contributed by atoms with E-state index in [1.165, 1.54) is 31.3 Å². The topological polar surface area (TPSA) is 95.5 Å². The summed E-state index contributed by atoms with van der Waals surface area (Å²) < 4.78 is 25.2. The summed E-state index contributed by atoms with van der Waals surface area (Å²) in [6.07, 6.45) is 1.54. The maximum absolute atomic E-state index is 11.5. The number of aliphatic hydroxyl groups is 1. The summed E-state index contributed by atoms with van der Waals surface area (Å²) in [5, 5.41) is 11.3. The van der Waals surface area contributed by atoms with Gasteiger partial charge in [0.25, 0.3) is 0 Å². The van der Waals surface area contributed by atoms with Crippen molar-refractivity contribution in [3.8, 4) is 0 Å². The lowest BCUT2D eigenvalue weighted by molar-refractivity contribution is -0.116. The van der Waals surface area contributed by atoms with E-state index < -0.39 is 10.0 Å². The third-order valence-corrected chi connectivity index (χ3v) is 3.96. The first kappa shape index (κ1) is 15.6. The van der Waals surface area contributed by atoms with E-state index in [1.54, 1.807) is 0 Å². The molecule has 0 atom stereocenters. The van der Waals surface area contributed by atoms with Gasteiger partial charge >= 0.3 is 0 Å². The summed E-state index contributed by atoms with van der Waals surface area (Å²) >= 11 is 0. The van der Waals surface area contributed by atoms with Crippen molar-refractivity contribution in [3.63, 3.8) is 0 Å². The fraction of sp³-hybridized carbons (Fsp3) is 0.417. The number of hydrogen-bond donors (Lipinski definition) is 3. The zero-order valence-corrected chi connectivity index (χ0v) is 11.5. The van der Waals surface area contributed by atoms with Gasteiger partial charge in [0.1, 0.15) is 0 Å². The number of aliphatic hydroxyl groups excluding tert-OH is 1. The van der Waals surface area contributed by atoms with E-state index in [4.69, 9.17) is 5.11 Å². The van der Waals surface area contributed by atoms with Crippen molar-refractivity contribution in [1.29, 1.82) is 0 Å². The Hall–Kier alpha value is -1.44. The molecule has 7 heteroatoms. The number of unbranched alkanes of at least 4 members (excludes halogenated alkanes) is 1. The van der Waals surface area contributed by atoms with Crippen LogP contribution in [0, 0.1) is 0 Å². The van der Waals surface area contributed by atoms with Crippen LogP contribution < -0.4 is 10.0 Å². The number of anilines is 1. The van der Waals surface area contributed by atoms with E-state index in [1.807, 2.05) is 0 Å². The molecule has 0 saturated heterocycles. The lowest BCUT2D eigenvalue weighted by atomic mass is 10.2. The molecule has 0 radical (unpaired) electrons. The average Bonchev–Trinajstić information content (AvgIpc) is 2.39. The molecule has 0 aliphatic carbocycles.